The van der Waals surface area contributed by atoms with Crippen LogP contribution in [0.1, 0.15) is 29.8 Å². The summed E-state index contributed by atoms with van der Waals surface area (Å²) in [4.78, 5) is 0. The number of rotatable bonds is 5. The molecule has 0 saturated heterocycles. The maximum atomic E-state index is 13.4. The molecule has 5 nitrogen and oxygen atoms in total. The fraction of sp³-hybridized carbons (Fsp3) is 0.471. The predicted molar refractivity (Wildman–Crippen MR) is 86.8 cm³/mol. The fourth-order valence-electron chi connectivity index (χ4n) is 3.13. The monoisotopic (exact) mass is 355 g/mol. The third-order valence-electron chi connectivity index (χ3n) is 4.32. The van der Waals surface area contributed by atoms with Gasteiger partial charge in [-0.3, -0.25) is 0 Å². The van der Waals surface area contributed by atoms with Crippen molar-refractivity contribution in [3.05, 3.63) is 41.2 Å². The molecule has 0 amide bonds. The lowest BCUT2D eigenvalue weighted by Crippen LogP contribution is -2.23. The van der Waals surface area contributed by atoms with Gasteiger partial charge in [0.15, 0.2) is 5.69 Å². The summed E-state index contributed by atoms with van der Waals surface area (Å²) in [5, 5.41) is 25.3. The molecule has 0 aliphatic heterocycles. The van der Waals surface area contributed by atoms with Crippen molar-refractivity contribution in [1.82, 2.24) is 9.78 Å². The van der Waals surface area contributed by atoms with Crippen LogP contribution in [0.2, 0.25) is 0 Å². The summed E-state index contributed by atoms with van der Waals surface area (Å²) in [7, 11) is 0. The number of aliphatic hydroxyl groups excluding tert-OH is 2. The van der Waals surface area contributed by atoms with Crippen LogP contribution in [0.4, 0.5) is 18.9 Å². The van der Waals surface area contributed by atoms with Gasteiger partial charge in [0, 0.05) is 17.8 Å². The van der Waals surface area contributed by atoms with Gasteiger partial charge in [-0.25, -0.2) is 4.68 Å². The van der Waals surface area contributed by atoms with E-state index in [9.17, 15) is 18.3 Å². The summed E-state index contributed by atoms with van der Waals surface area (Å²) in [5.74, 6) is 0. The average Bonchev–Trinajstić information content (AvgIpc) is 2.99. The minimum absolute atomic E-state index is 0.0864. The van der Waals surface area contributed by atoms with Crippen molar-refractivity contribution < 1.29 is 23.4 Å². The highest BCUT2D eigenvalue weighted by molar-refractivity contribution is 5.61. The van der Waals surface area contributed by atoms with Gasteiger partial charge in [0.25, 0.3) is 0 Å². The summed E-state index contributed by atoms with van der Waals surface area (Å²) in [6.45, 7) is -0.312. The van der Waals surface area contributed by atoms with E-state index in [0.29, 0.717) is 29.9 Å². The predicted octanol–water partition coefficient (Wildman–Crippen LogP) is 2.54. The van der Waals surface area contributed by atoms with E-state index in [1.807, 2.05) is 0 Å². The molecule has 0 spiro atoms. The standard InChI is InChI=1S/C17H20F3N3O2/c18-17(19,20)16-12-5-1-3-7-14(12)23(22-16)15-8-4-2-6-13(15)21-9-11(25)10-24/h2,4,6,8,11,21,24-25H,1,3,5,7,9-10H2. The first-order valence-corrected chi connectivity index (χ1v) is 8.22. The lowest BCUT2D eigenvalue weighted by atomic mass is 9.95. The maximum Gasteiger partial charge on any atom is 0.435 e. The molecule has 0 radical (unpaired) electrons. The van der Waals surface area contributed by atoms with E-state index in [0.717, 1.165) is 12.8 Å². The molecular formula is C17H20F3N3O2. The lowest BCUT2D eigenvalue weighted by molar-refractivity contribution is -0.142. The number of hydrogen-bond donors (Lipinski definition) is 3. The molecule has 0 bridgehead atoms. The molecule has 1 aliphatic rings. The number of aromatic nitrogens is 2. The summed E-state index contributed by atoms with van der Waals surface area (Å²) < 4.78 is 41.4. The van der Waals surface area contributed by atoms with Crippen molar-refractivity contribution in [2.24, 2.45) is 0 Å². The molecule has 1 aliphatic carbocycles. The second-order valence-electron chi connectivity index (χ2n) is 6.12. The Labute approximate surface area is 143 Å². The zero-order valence-corrected chi connectivity index (χ0v) is 13.6. The molecule has 1 heterocycles. The van der Waals surface area contributed by atoms with Crippen LogP contribution >= 0.6 is 0 Å². The highest BCUT2D eigenvalue weighted by Gasteiger charge is 2.39. The van der Waals surface area contributed by atoms with Gasteiger partial charge in [-0.05, 0) is 37.8 Å². The Morgan fingerprint density at radius 2 is 1.92 bits per heavy atom. The van der Waals surface area contributed by atoms with Gasteiger partial charge < -0.3 is 15.5 Å². The van der Waals surface area contributed by atoms with E-state index in [1.54, 1.807) is 24.3 Å². The fourth-order valence-corrected chi connectivity index (χ4v) is 3.13. The SMILES string of the molecule is OCC(O)CNc1ccccc1-n1nc(C(F)(F)F)c2c1CCCC2. The Hall–Kier alpha value is -2.06. The summed E-state index contributed by atoms with van der Waals surface area (Å²) in [6, 6.07) is 6.88. The van der Waals surface area contributed by atoms with Gasteiger partial charge in [0.1, 0.15) is 0 Å². The van der Waals surface area contributed by atoms with Gasteiger partial charge >= 0.3 is 6.18 Å². The second-order valence-corrected chi connectivity index (χ2v) is 6.12. The highest BCUT2D eigenvalue weighted by atomic mass is 19.4. The Balaban J connectivity index is 2.04. The maximum absolute atomic E-state index is 13.4. The van der Waals surface area contributed by atoms with Crippen molar-refractivity contribution in [3.8, 4) is 5.69 Å². The number of nitrogens with zero attached hydrogens (tertiary/aromatic N) is 2. The topological polar surface area (TPSA) is 70.3 Å². The van der Waals surface area contributed by atoms with Crippen LogP contribution in [-0.2, 0) is 19.0 Å². The largest absolute Gasteiger partial charge is 0.435 e. The van der Waals surface area contributed by atoms with Crippen molar-refractivity contribution in [3.63, 3.8) is 0 Å². The zero-order valence-electron chi connectivity index (χ0n) is 13.6. The van der Waals surface area contributed by atoms with E-state index < -0.39 is 24.6 Å². The minimum Gasteiger partial charge on any atom is -0.394 e. The third-order valence-corrected chi connectivity index (χ3v) is 4.32. The molecule has 3 N–H and O–H groups in total. The molecule has 1 atom stereocenters. The number of benzene rings is 1. The number of hydrogen-bond acceptors (Lipinski definition) is 4. The Morgan fingerprint density at radius 3 is 2.64 bits per heavy atom. The molecule has 8 heteroatoms. The first-order chi connectivity index (χ1) is 11.9. The van der Waals surface area contributed by atoms with E-state index in [4.69, 9.17) is 5.11 Å². The van der Waals surface area contributed by atoms with E-state index in [-0.39, 0.29) is 12.1 Å². The number of fused-ring (bicyclic) bond motifs is 1. The van der Waals surface area contributed by atoms with Crippen LogP contribution in [0.3, 0.4) is 0 Å². The molecule has 1 aromatic heterocycles. The molecule has 1 unspecified atom stereocenters. The number of aliphatic hydroxyl groups is 2. The van der Waals surface area contributed by atoms with Crippen molar-refractivity contribution >= 4 is 5.69 Å². The highest BCUT2D eigenvalue weighted by Crippen LogP contribution is 2.37. The van der Waals surface area contributed by atoms with Crippen LogP contribution in [0.5, 0.6) is 0 Å². The minimum atomic E-state index is -4.48. The smallest absolute Gasteiger partial charge is 0.394 e. The Bertz CT molecular complexity index is 743. The Morgan fingerprint density at radius 1 is 1.20 bits per heavy atom. The second kappa shape index (κ2) is 7.05. The van der Waals surface area contributed by atoms with Crippen LogP contribution < -0.4 is 5.32 Å². The van der Waals surface area contributed by atoms with Crippen molar-refractivity contribution in [2.45, 2.75) is 38.0 Å². The molecule has 2 aromatic rings. The normalized spacial score (nSPS) is 15.7. The van der Waals surface area contributed by atoms with Gasteiger partial charge in [-0.1, -0.05) is 12.1 Å². The van der Waals surface area contributed by atoms with E-state index >= 15 is 0 Å². The average molecular weight is 355 g/mol. The van der Waals surface area contributed by atoms with Gasteiger partial charge in [-0.15, -0.1) is 0 Å². The van der Waals surface area contributed by atoms with Gasteiger partial charge in [0.2, 0.25) is 0 Å². The van der Waals surface area contributed by atoms with E-state index in [1.165, 1.54) is 4.68 Å². The number of para-hydroxylation sites is 2. The molecule has 0 fully saturated rings. The van der Waals surface area contributed by atoms with Crippen LogP contribution in [0, 0.1) is 0 Å². The molecule has 136 valence electrons. The number of halogens is 3. The molecule has 0 saturated carbocycles. The molecular weight excluding hydrogens is 335 g/mol. The number of anilines is 1. The Kier molecular flexibility index (Phi) is 5.01. The molecule has 3 rings (SSSR count). The first kappa shape index (κ1) is 17.8. The van der Waals surface area contributed by atoms with Crippen molar-refractivity contribution in [2.75, 3.05) is 18.5 Å². The van der Waals surface area contributed by atoms with Crippen molar-refractivity contribution in [1.29, 1.82) is 0 Å². The van der Waals surface area contributed by atoms with Gasteiger partial charge in [-0.2, -0.15) is 18.3 Å². The third kappa shape index (κ3) is 3.64. The quantitative estimate of drug-likeness (QED) is 0.771. The summed E-state index contributed by atoms with van der Waals surface area (Å²) >= 11 is 0. The number of alkyl halides is 3. The van der Waals surface area contributed by atoms with Crippen LogP contribution in [0.25, 0.3) is 5.69 Å². The van der Waals surface area contributed by atoms with Crippen LogP contribution in [0.15, 0.2) is 24.3 Å². The molecule has 25 heavy (non-hydrogen) atoms. The summed E-state index contributed by atoms with van der Waals surface area (Å²) in [6.07, 6.45) is -2.96. The molecule has 1 aromatic carbocycles. The zero-order chi connectivity index (χ0) is 18.0. The van der Waals surface area contributed by atoms with Crippen LogP contribution in [-0.4, -0.2) is 39.2 Å². The van der Waals surface area contributed by atoms with Gasteiger partial charge in [0.05, 0.1) is 24.1 Å². The first-order valence-electron chi connectivity index (χ1n) is 8.22. The number of nitrogens with one attached hydrogen (secondary N) is 1. The summed E-state index contributed by atoms with van der Waals surface area (Å²) in [5.41, 5.74) is 1.12. The van der Waals surface area contributed by atoms with E-state index in [2.05, 4.69) is 10.4 Å². The lowest BCUT2D eigenvalue weighted by Gasteiger charge is -2.18.